The van der Waals surface area contributed by atoms with Crippen LogP contribution in [0.1, 0.15) is 24.8 Å². The Morgan fingerprint density at radius 2 is 1.42 bits per heavy atom. The van der Waals surface area contributed by atoms with Crippen LogP contribution in [-0.2, 0) is 21.4 Å². The highest BCUT2D eigenvalue weighted by atomic mass is 32.2. The fraction of sp³-hybridized carbons (Fsp3) is 0.269. The predicted molar refractivity (Wildman–Crippen MR) is 132 cm³/mol. The van der Waals surface area contributed by atoms with Crippen LogP contribution in [0, 0.1) is 0 Å². The van der Waals surface area contributed by atoms with Crippen LogP contribution in [-0.4, -0.2) is 34.0 Å². The van der Waals surface area contributed by atoms with Crippen LogP contribution in [0.4, 0.5) is 11.4 Å². The number of carbonyl (C=O) groups is 1. The first-order chi connectivity index (χ1) is 16.0. The molecule has 0 aromatic heterocycles. The van der Waals surface area contributed by atoms with Crippen molar-refractivity contribution in [1.82, 2.24) is 5.32 Å². The highest BCUT2D eigenvalue weighted by Gasteiger charge is 2.26. The van der Waals surface area contributed by atoms with E-state index in [-0.39, 0.29) is 17.3 Å². The van der Waals surface area contributed by atoms with Crippen LogP contribution >= 0.6 is 0 Å². The first-order valence-corrected chi connectivity index (χ1v) is 12.7. The van der Waals surface area contributed by atoms with Crippen molar-refractivity contribution in [3.05, 3.63) is 90.5 Å². The van der Waals surface area contributed by atoms with Crippen molar-refractivity contribution in [2.75, 3.05) is 28.8 Å². The van der Waals surface area contributed by atoms with E-state index < -0.39 is 10.0 Å². The fourth-order valence-corrected chi connectivity index (χ4v) is 5.43. The van der Waals surface area contributed by atoms with Gasteiger partial charge in [-0.25, -0.2) is 8.42 Å². The van der Waals surface area contributed by atoms with Crippen LogP contribution in [0.25, 0.3) is 0 Å². The number of anilines is 2. The molecule has 1 N–H and O–H groups in total. The molecular formula is C26H29N3O3S. The maximum absolute atomic E-state index is 13.3. The SMILES string of the molecule is O=C(CN(c1ccccc1)S(=O)(=O)c1ccccc1)NCc1ccc(N2CCCCC2)cc1. The van der Waals surface area contributed by atoms with Gasteiger partial charge in [-0.05, 0) is 61.2 Å². The molecule has 1 heterocycles. The second-order valence-electron chi connectivity index (χ2n) is 8.15. The van der Waals surface area contributed by atoms with E-state index in [9.17, 15) is 13.2 Å². The number of amides is 1. The molecule has 4 rings (SSSR count). The third kappa shape index (κ3) is 5.73. The Bertz CT molecular complexity index is 1140. The van der Waals surface area contributed by atoms with Crippen molar-refractivity contribution < 1.29 is 13.2 Å². The topological polar surface area (TPSA) is 69.7 Å². The van der Waals surface area contributed by atoms with Gasteiger partial charge >= 0.3 is 0 Å². The first kappa shape index (κ1) is 22.9. The minimum absolute atomic E-state index is 0.148. The lowest BCUT2D eigenvalue weighted by Gasteiger charge is -2.28. The maximum Gasteiger partial charge on any atom is 0.264 e. The largest absolute Gasteiger partial charge is 0.372 e. The van der Waals surface area contributed by atoms with Crippen LogP contribution in [0.3, 0.4) is 0 Å². The Labute approximate surface area is 195 Å². The number of nitrogens with zero attached hydrogens (tertiary/aromatic N) is 2. The van der Waals surface area contributed by atoms with E-state index in [1.165, 1.54) is 37.1 Å². The molecule has 1 fully saturated rings. The summed E-state index contributed by atoms with van der Waals surface area (Å²) in [6.45, 7) is 2.21. The summed E-state index contributed by atoms with van der Waals surface area (Å²) >= 11 is 0. The van der Waals surface area contributed by atoms with Crippen LogP contribution < -0.4 is 14.5 Å². The molecule has 0 radical (unpaired) electrons. The highest BCUT2D eigenvalue weighted by Crippen LogP contribution is 2.23. The van der Waals surface area contributed by atoms with Crippen molar-refractivity contribution in [3.63, 3.8) is 0 Å². The standard InChI is InChI=1S/C26H29N3O3S/c30-26(27-20-22-14-16-23(17-15-22)28-18-8-3-9-19-28)21-29(24-10-4-1-5-11-24)33(31,32)25-12-6-2-7-13-25/h1-2,4-7,10-17H,3,8-9,18-21H2,(H,27,30). The van der Waals surface area contributed by atoms with Crippen molar-refractivity contribution in [1.29, 1.82) is 0 Å². The summed E-state index contributed by atoms with van der Waals surface area (Å²) in [5.74, 6) is -0.363. The summed E-state index contributed by atoms with van der Waals surface area (Å²) in [6.07, 6.45) is 3.74. The molecule has 0 saturated carbocycles. The summed E-state index contributed by atoms with van der Waals surface area (Å²) in [6, 6.07) is 25.1. The number of sulfonamides is 1. The Hall–Kier alpha value is -3.32. The quantitative estimate of drug-likeness (QED) is 0.544. The number of rotatable bonds is 8. The number of benzene rings is 3. The minimum Gasteiger partial charge on any atom is -0.372 e. The third-order valence-electron chi connectivity index (χ3n) is 5.81. The molecule has 0 atom stereocenters. The number of piperidine rings is 1. The van der Waals surface area contributed by atoms with Gasteiger partial charge in [-0.1, -0.05) is 48.5 Å². The Morgan fingerprint density at radius 3 is 2.06 bits per heavy atom. The van der Waals surface area contributed by atoms with Gasteiger partial charge in [-0.15, -0.1) is 0 Å². The minimum atomic E-state index is -3.88. The lowest BCUT2D eigenvalue weighted by Crippen LogP contribution is -2.40. The summed E-state index contributed by atoms with van der Waals surface area (Å²) in [4.78, 5) is 15.3. The van der Waals surface area contributed by atoms with Crippen LogP contribution in [0.15, 0.2) is 89.8 Å². The summed E-state index contributed by atoms with van der Waals surface area (Å²) in [5, 5.41) is 2.86. The number of para-hydroxylation sites is 1. The zero-order chi connectivity index (χ0) is 23.1. The van der Waals surface area contributed by atoms with Gasteiger partial charge in [0.1, 0.15) is 6.54 Å². The molecule has 33 heavy (non-hydrogen) atoms. The summed E-state index contributed by atoms with van der Waals surface area (Å²) in [7, 11) is -3.88. The van der Waals surface area contributed by atoms with Gasteiger partial charge in [0, 0.05) is 25.3 Å². The molecule has 7 heteroatoms. The normalized spacial score (nSPS) is 14.0. The molecular weight excluding hydrogens is 434 g/mol. The van der Waals surface area contributed by atoms with Gasteiger partial charge in [0.15, 0.2) is 0 Å². The summed E-state index contributed by atoms with van der Waals surface area (Å²) in [5.41, 5.74) is 2.62. The van der Waals surface area contributed by atoms with Gasteiger partial charge in [0.2, 0.25) is 5.91 Å². The number of hydrogen-bond donors (Lipinski definition) is 1. The second-order valence-corrected chi connectivity index (χ2v) is 10.0. The fourth-order valence-electron chi connectivity index (χ4n) is 3.99. The monoisotopic (exact) mass is 463 g/mol. The van der Waals surface area contributed by atoms with Crippen LogP contribution in [0.2, 0.25) is 0 Å². The van der Waals surface area contributed by atoms with Gasteiger partial charge in [0.25, 0.3) is 10.0 Å². The number of hydrogen-bond acceptors (Lipinski definition) is 4. The van der Waals surface area contributed by atoms with Gasteiger partial charge in [-0.3, -0.25) is 9.10 Å². The molecule has 3 aromatic carbocycles. The average Bonchev–Trinajstić information content (AvgIpc) is 2.88. The molecule has 6 nitrogen and oxygen atoms in total. The van der Waals surface area contributed by atoms with Crippen molar-refractivity contribution in [3.8, 4) is 0 Å². The summed E-state index contributed by atoms with van der Waals surface area (Å²) < 4.78 is 27.7. The molecule has 1 amide bonds. The third-order valence-corrected chi connectivity index (χ3v) is 7.60. The van der Waals surface area contributed by atoms with Crippen molar-refractivity contribution >= 4 is 27.3 Å². The van der Waals surface area contributed by atoms with E-state index in [0.29, 0.717) is 12.2 Å². The molecule has 1 aliphatic rings. The molecule has 1 saturated heterocycles. The zero-order valence-electron chi connectivity index (χ0n) is 18.6. The van der Waals surface area contributed by atoms with Gasteiger partial charge < -0.3 is 10.2 Å². The van der Waals surface area contributed by atoms with Gasteiger partial charge in [-0.2, -0.15) is 0 Å². The molecule has 172 valence electrons. The smallest absolute Gasteiger partial charge is 0.264 e. The Balaban J connectivity index is 1.43. The molecule has 0 unspecified atom stereocenters. The van der Waals surface area contributed by atoms with Gasteiger partial charge in [0.05, 0.1) is 10.6 Å². The van der Waals surface area contributed by atoms with E-state index in [1.807, 2.05) is 18.2 Å². The molecule has 0 bridgehead atoms. The predicted octanol–water partition coefficient (Wildman–Crippen LogP) is 4.19. The van der Waals surface area contributed by atoms with E-state index in [2.05, 4.69) is 22.3 Å². The number of nitrogens with one attached hydrogen (secondary N) is 1. The maximum atomic E-state index is 13.3. The Morgan fingerprint density at radius 1 is 0.818 bits per heavy atom. The first-order valence-electron chi connectivity index (χ1n) is 11.3. The second kappa shape index (κ2) is 10.5. The van der Waals surface area contributed by atoms with E-state index in [1.54, 1.807) is 42.5 Å². The molecule has 0 aliphatic carbocycles. The van der Waals surface area contributed by atoms with Crippen LogP contribution in [0.5, 0.6) is 0 Å². The average molecular weight is 464 g/mol. The molecule has 0 spiro atoms. The van der Waals surface area contributed by atoms with E-state index >= 15 is 0 Å². The number of carbonyl (C=O) groups excluding carboxylic acids is 1. The Kier molecular flexibility index (Phi) is 7.29. The highest BCUT2D eigenvalue weighted by molar-refractivity contribution is 7.92. The van der Waals surface area contributed by atoms with Crippen molar-refractivity contribution in [2.45, 2.75) is 30.7 Å². The zero-order valence-corrected chi connectivity index (χ0v) is 19.4. The molecule has 1 aliphatic heterocycles. The van der Waals surface area contributed by atoms with E-state index in [0.717, 1.165) is 23.0 Å². The molecule has 3 aromatic rings. The van der Waals surface area contributed by atoms with Crippen molar-refractivity contribution in [2.24, 2.45) is 0 Å². The lowest BCUT2D eigenvalue weighted by molar-refractivity contribution is -0.119. The van der Waals surface area contributed by atoms with E-state index in [4.69, 9.17) is 0 Å². The lowest BCUT2D eigenvalue weighted by atomic mass is 10.1.